The van der Waals surface area contributed by atoms with Crippen LogP contribution >= 0.6 is 0 Å². The summed E-state index contributed by atoms with van der Waals surface area (Å²) in [5.74, 6) is -0.190. The highest BCUT2D eigenvalue weighted by molar-refractivity contribution is 5.74. The number of nitrogens with two attached hydrogens (primary N) is 1. The van der Waals surface area contributed by atoms with E-state index >= 15 is 0 Å². The minimum Gasteiger partial charge on any atom is -0.370 e. The average molecular weight is 156 g/mol. The molecule has 3 nitrogen and oxygen atoms in total. The van der Waals surface area contributed by atoms with Gasteiger partial charge in [-0.05, 0) is 32.9 Å². The quantitative estimate of drug-likeness (QED) is 0.640. The van der Waals surface area contributed by atoms with E-state index in [-0.39, 0.29) is 5.91 Å². The van der Waals surface area contributed by atoms with Gasteiger partial charge in [0.15, 0.2) is 0 Å². The van der Waals surface area contributed by atoms with Crippen LogP contribution in [0.2, 0.25) is 0 Å². The van der Waals surface area contributed by atoms with Crippen molar-refractivity contribution in [3.63, 3.8) is 0 Å². The molecule has 1 fully saturated rings. The number of carbonyl (C=O) groups excluding carboxylic acids is 1. The molecule has 0 aromatic rings. The Labute approximate surface area is 67.5 Å². The second-order valence-electron chi connectivity index (χ2n) is 3.26. The Hall–Kier alpha value is -0.570. The van der Waals surface area contributed by atoms with Gasteiger partial charge in [0.2, 0.25) is 5.91 Å². The lowest BCUT2D eigenvalue weighted by atomic mass is 10.2. The third-order valence-corrected chi connectivity index (χ3v) is 2.26. The summed E-state index contributed by atoms with van der Waals surface area (Å²) in [5, 5.41) is 0. The first kappa shape index (κ1) is 8.53. The van der Waals surface area contributed by atoms with Crippen LogP contribution in [0.5, 0.6) is 0 Å². The Morgan fingerprint density at radius 2 is 2.09 bits per heavy atom. The molecule has 1 saturated heterocycles. The van der Waals surface area contributed by atoms with Gasteiger partial charge < -0.3 is 10.6 Å². The first-order valence-corrected chi connectivity index (χ1v) is 4.22. The molecule has 0 radical (unpaired) electrons. The van der Waals surface area contributed by atoms with Gasteiger partial charge in [0.25, 0.3) is 0 Å². The van der Waals surface area contributed by atoms with Crippen molar-refractivity contribution in [1.82, 2.24) is 4.90 Å². The molecule has 0 aromatic heterocycles. The van der Waals surface area contributed by atoms with E-state index in [9.17, 15) is 4.79 Å². The van der Waals surface area contributed by atoms with Gasteiger partial charge in [-0.2, -0.15) is 0 Å². The minimum absolute atomic E-state index is 0.190. The molecular formula is C8H16N2O. The zero-order valence-electron chi connectivity index (χ0n) is 7.05. The monoisotopic (exact) mass is 156 g/mol. The Balaban J connectivity index is 2.28. The van der Waals surface area contributed by atoms with Crippen LogP contribution in [0.25, 0.3) is 0 Å². The SMILES string of the molecule is CC(CC(N)=O)N1CCCC1. The second-order valence-corrected chi connectivity index (χ2v) is 3.26. The predicted octanol–water partition coefficient (Wildman–Crippen LogP) is 0.346. The molecule has 64 valence electrons. The number of carbonyl (C=O) groups is 1. The van der Waals surface area contributed by atoms with Crippen LogP contribution in [0.3, 0.4) is 0 Å². The highest BCUT2D eigenvalue weighted by atomic mass is 16.1. The number of rotatable bonds is 3. The number of primary amides is 1. The fraction of sp³-hybridized carbons (Fsp3) is 0.875. The van der Waals surface area contributed by atoms with E-state index in [0.717, 1.165) is 13.1 Å². The van der Waals surface area contributed by atoms with Crippen molar-refractivity contribution >= 4 is 5.91 Å². The molecule has 11 heavy (non-hydrogen) atoms. The zero-order chi connectivity index (χ0) is 8.27. The second kappa shape index (κ2) is 3.72. The third-order valence-electron chi connectivity index (χ3n) is 2.26. The summed E-state index contributed by atoms with van der Waals surface area (Å²) in [4.78, 5) is 12.9. The van der Waals surface area contributed by atoms with Crippen LogP contribution in [0.1, 0.15) is 26.2 Å². The summed E-state index contributed by atoms with van der Waals surface area (Å²) in [7, 11) is 0. The van der Waals surface area contributed by atoms with Crippen LogP contribution in [0.15, 0.2) is 0 Å². The highest BCUT2D eigenvalue weighted by Crippen LogP contribution is 2.12. The van der Waals surface area contributed by atoms with E-state index in [1.807, 2.05) is 0 Å². The standard InChI is InChI=1S/C8H16N2O/c1-7(6-8(9)11)10-4-2-3-5-10/h7H,2-6H2,1H3,(H2,9,11). The number of nitrogens with zero attached hydrogens (tertiary/aromatic N) is 1. The number of hydrogen-bond acceptors (Lipinski definition) is 2. The van der Waals surface area contributed by atoms with Gasteiger partial charge in [-0.1, -0.05) is 0 Å². The lowest BCUT2D eigenvalue weighted by Gasteiger charge is -2.21. The Kier molecular flexibility index (Phi) is 2.88. The van der Waals surface area contributed by atoms with Crippen LogP contribution in [-0.2, 0) is 4.79 Å². The van der Waals surface area contributed by atoms with Crippen LogP contribution in [0.4, 0.5) is 0 Å². The Morgan fingerprint density at radius 3 is 2.55 bits per heavy atom. The van der Waals surface area contributed by atoms with Crippen molar-refractivity contribution < 1.29 is 4.79 Å². The van der Waals surface area contributed by atoms with Crippen LogP contribution < -0.4 is 5.73 Å². The fourth-order valence-electron chi connectivity index (χ4n) is 1.60. The lowest BCUT2D eigenvalue weighted by molar-refractivity contribution is -0.119. The van der Waals surface area contributed by atoms with E-state index in [0.29, 0.717) is 12.5 Å². The number of hydrogen-bond donors (Lipinski definition) is 1. The van der Waals surface area contributed by atoms with Crippen molar-refractivity contribution in [3.05, 3.63) is 0 Å². The first-order chi connectivity index (χ1) is 5.20. The van der Waals surface area contributed by atoms with Crippen LogP contribution in [0, 0.1) is 0 Å². The van der Waals surface area contributed by atoms with Crippen molar-refractivity contribution in [1.29, 1.82) is 0 Å². The number of amides is 1. The van der Waals surface area contributed by atoms with E-state index in [1.165, 1.54) is 12.8 Å². The van der Waals surface area contributed by atoms with Gasteiger partial charge in [0, 0.05) is 12.5 Å². The molecular weight excluding hydrogens is 140 g/mol. The molecule has 1 rings (SSSR count). The molecule has 3 heteroatoms. The summed E-state index contributed by atoms with van der Waals surface area (Å²) in [6, 6.07) is 0.343. The van der Waals surface area contributed by atoms with E-state index < -0.39 is 0 Å². The lowest BCUT2D eigenvalue weighted by Crippen LogP contribution is -2.33. The van der Waals surface area contributed by atoms with E-state index in [4.69, 9.17) is 5.73 Å². The topological polar surface area (TPSA) is 46.3 Å². The largest absolute Gasteiger partial charge is 0.370 e. The molecule has 0 aromatic carbocycles. The molecule has 2 N–H and O–H groups in total. The summed E-state index contributed by atoms with van der Waals surface area (Å²) in [5.41, 5.74) is 5.10. The van der Waals surface area contributed by atoms with Gasteiger partial charge in [-0.25, -0.2) is 0 Å². The summed E-state index contributed by atoms with van der Waals surface area (Å²) in [6.07, 6.45) is 3.03. The van der Waals surface area contributed by atoms with Gasteiger partial charge in [0.1, 0.15) is 0 Å². The Morgan fingerprint density at radius 1 is 1.55 bits per heavy atom. The highest BCUT2D eigenvalue weighted by Gasteiger charge is 2.18. The maximum absolute atomic E-state index is 10.6. The molecule has 0 spiro atoms. The zero-order valence-corrected chi connectivity index (χ0v) is 7.05. The maximum atomic E-state index is 10.6. The van der Waals surface area contributed by atoms with Gasteiger partial charge in [-0.15, -0.1) is 0 Å². The van der Waals surface area contributed by atoms with Crippen molar-refractivity contribution in [3.8, 4) is 0 Å². The molecule has 1 aliphatic heterocycles. The molecule has 0 aliphatic carbocycles. The number of likely N-dealkylation sites (tertiary alicyclic amines) is 1. The fourth-order valence-corrected chi connectivity index (χ4v) is 1.60. The summed E-state index contributed by atoms with van der Waals surface area (Å²) >= 11 is 0. The van der Waals surface area contributed by atoms with Gasteiger partial charge in [-0.3, -0.25) is 4.79 Å². The third kappa shape index (κ3) is 2.50. The summed E-state index contributed by atoms with van der Waals surface area (Å²) < 4.78 is 0. The average Bonchev–Trinajstić information content (AvgIpc) is 2.35. The molecule has 1 atom stereocenters. The molecule has 0 bridgehead atoms. The van der Waals surface area contributed by atoms with Crippen molar-refractivity contribution in [2.45, 2.75) is 32.2 Å². The molecule has 1 aliphatic rings. The van der Waals surface area contributed by atoms with E-state index in [2.05, 4.69) is 11.8 Å². The van der Waals surface area contributed by atoms with Gasteiger partial charge in [0.05, 0.1) is 0 Å². The van der Waals surface area contributed by atoms with Crippen molar-refractivity contribution in [2.24, 2.45) is 5.73 Å². The predicted molar refractivity (Wildman–Crippen MR) is 44.1 cm³/mol. The van der Waals surface area contributed by atoms with Crippen LogP contribution in [-0.4, -0.2) is 29.9 Å². The van der Waals surface area contributed by atoms with E-state index in [1.54, 1.807) is 0 Å². The normalized spacial score (nSPS) is 21.9. The van der Waals surface area contributed by atoms with Gasteiger partial charge >= 0.3 is 0 Å². The molecule has 0 saturated carbocycles. The maximum Gasteiger partial charge on any atom is 0.218 e. The van der Waals surface area contributed by atoms with Crippen molar-refractivity contribution in [2.75, 3.05) is 13.1 Å². The Bertz CT molecular complexity index is 141. The smallest absolute Gasteiger partial charge is 0.218 e. The summed E-state index contributed by atoms with van der Waals surface area (Å²) in [6.45, 7) is 4.33. The molecule has 1 amide bonds. The molecule has 1 heterocycles. The molecule has 1 unspecified atom stereocenters. The first-order valence-electron chi connectivity index (χ1n) is 4.22. The minimum atomic E-state index is -0.190.